The summed E-state index contributed by atoms with van der Waals surface area (Å²) in [5, 5.41) is 10.8. The van der Waals surface area contributed by atoms with Crippen LogP contribution >= 0.6 is 0 Å². The van der Waals surface area contributed by atoms with Crippen LogP contribution in [0.3, 0.4) is 0 Å². The average molecular weight is 419 g/mol. The van der Waals surface area contributed by atoms with E-state index in [-0.39, 0.29) is 34.8 Å². The van der Waals surface area contributed by atoms with Gasteiger partial charge in [0, 0.05) is 24.5 Å². The summed E-state index contributed by atoms with van der Waals surface area (Å²) in [4.78, 5) is 32.1. The summed E-state index contributed by atoms with van der Waals surface area (Å²) in [6.45, 7) is 10.2. The van der Waals surface area contributed by atoms with E-state index in [2.05, 4.69) is 4.98 Å². The Hall–Kier alpha value is -2.77. The Morgan fingerprint density at radius 2 is 2.03 bits per heavy atom. The van der Waals surface area contributed by atoms with Crippen molar-refractivity contribution in [1.29, 1.82) is 0 Å². The summed E-state index contributed by atoms with van der Waals surface area (Å²) in [7, 11) is 0. The number of carbonyl (C=O) groups is 2. The van der Waals surface area contributed by atoms with Crippen LogP contribution in [-0.2, 0) is 4.74 Å². The highest BCUT2D eigenvalue weighted by Gasteiger charge is 2.35. The van der Waals surface area contributed by atoms with Gasteiger partial charge < -0.3 is 24.6 Å². The first kappa shape index (κ1) is 21.9. The summed E-state index contributed by atoms with van der Waals surface area (Å²) in [6.07, 6.45) is 1.08. The van der Waals surface area contributed by atoms with Crippen molar-refractivity contribution in [2.24, 2.45) is 0 Å². The second kappa shape index (κ2) is 8.16. The smallest absolute Gasteiger partial charge is 0.410 e. The molecule has 2 aromatic rings. The van der Waals surface area contributed by atoms with Crippen LogP contribution < -0.4 is 0 Å². The molecule has 0 aliphatic carbocycles. The lowest BCUT2D eigenvalue weighted by atomic mass is 10.0. The van der Waals surface area contributed by atoms with Gasteiger partial charge in [-0.3, -0.25) is 4.79 Å². The zero-order chi connectivity index (χ0) is 22.2. The number of hydrogen-bond acceptors (Lipinski definition) is 4. The standard InChI is InChI=1S/C22H30FN3O4/c1-13(2)26(15-7-6-10-25(12-15)21(29)30-22(3,4)5)20(28)18-19(27)16-11-14(23)8-9-17(16)24-18/h8-9,11,13,15,24,27H,6-7,10,12H2,1-5H3/t15-/m1/s1. The third kappa shape index (κ3) is 4.52. The van der Waals surface area contributed by atoms with Gasteiger partial charge >= 0.3 is 6.09 Å². The van der Waals surface area contributed by atoms with Gasteiger partial charge in [0.25, 0.3) is 5.91 Å². The molecule has 1 aromatic carbocycles. The molecule has 0 spiro atoms. The van der Waals surface area contributed by atoms with Crippen molar-refractivity contribution >= 4 is 22.9 Å². The number of hydrogen-bond donors (Lipinski definition) is 2. The zero-order valence-electron chi connectivity index (χ0n) is 18.2. The molecule has 1 aliphatic rings. The van der Waals surface area contributed by atoms with E-state index in [1.54, 1.807) is 9.80 Å². The van der Waals surface area contributed by atoms with Crippen LogP contribution in [0.5, 0.6) is 5.75 Å². The lowest BCUT2D eigenvalue weighted by Gasteiger charge is -2.41. The normalized spacial score (nSPS) is 17.4. The van der Waals surface area contributed by atoms with Crippen molar-refractivity contribution in [3.8, 4) is 5.75 Å². The number of piperidine rings is 1. The van der Waals surface area contributed by atoms with E-state index in [1.807, 2.05) is 34.6 Å². The number of rotatable bonds is 3. The van der Waals surface area contributed by atoms with Gasteiger partial charge in [0.15, 0.2) is 5.75 Å². The van der Waals surface area contributed by atoms with Crippen molar-refractivity contribution < 1.29 is 23.8 Å². The number of nitrogens with zero attached hydrogens (tertiary/aromatic N) is 2. The van der Waals surface area contributed by atoms with Crippen LogP contribution in [0.4, 0.5) is 9.18 Å². The van der Waals surface area contributed by atoms with Gasteiger partial charge in [0.2, 0.25) is 0 Å². The molecule has 7 nitrogen and oxygen atoms in total. The van der Waals surface area contributed by atoms with Gasteiger partial charge in [0.05, 0.1) is 11.6 Å². The fourth-order valence-electron chi connectivity index (χ4n) is 3.93. The summed E-state index contributed by atoms with van der Waals surface area (Å²) in [6, 6.07) is 3.57. The fraction of sp³-hybridized carbons (Fsp3) is 0.545. The number of aromatic amines is 1. The Morgan fingerprint density at radius 3 is 2.67 bits per heavy atom. The number of aromatic nitrogens is 1. The number of benzene rings is 1. The van der Waals surface area contributed by atoms with Gasteiger partial charge in [-0.1, -0.05) is 0 Å². The first-order valence-corrected chi connectivity index (χ1v) is 10.3. The predicted molar refractivity (Wildman–Crippen MR) is 112 cm³/mol. The van der Waals surface area contributed by atoms with Crippen molar-refractivity contribution in [3.63, 3.8) is 0 Å². The molecule has 0 unspecified atom stereocenters. The maximum absolute atomic E-state index is 13.6. The van der Waals surface area contributed by atoms with Crippen molar-refractivity contribution in [2.75, 3.05) is 13.1 Å². The van der Waals surface area contributed by atoms with Crippen molar-refractivity contribution in [3.05, 3.63) is 29.7 Å². The molecular formula is C22H30FN3O4. The van der Waals surface area contributed by atoms with E-state index in [0.29, 0.717) is 18.6 Å². The molecule has 2 amide bonds. The molecule has 164 valence electrons. The molecule has 3 rings (SSSR count). The molecule has 0 saturated carbocycles. The highest BCUT2D eigenvalue weighted by Crippen LogP contribution is 2.32. The largest absolute Gasteiger partial charge is 0.505 e. The third-order valence-corrected chi connectivity index (χ3v) is 5.18. The fourth-order valence-corrected chi connectivity index (χ4v) is 3.93. The molecule has 0 bridgehead atoms. The SMILES string of the molecule is CC(C)N(C(=O)c1[nH]c2ccc(F)cc2c1O)[C@@H]1CCCN(C(=O)OC(C)(C)C)C1. The number of H-pyrrole nitrogens is 1. The van der Waals surface area contributed by atoms with E-state index in [9.17, 15) is 19.1 Å². The molecule has 1 saturated heterocycles. The predicted octanol–water partition coefficient (Wildman–Crippen LogP) is 4.26. The molecule has 2 heterocycles. The van der Waals surface area contributed by atoms with E-state index >= 15 is 0 Å². The monoisotopic (exact) mass is 419 g/mol. The average Bonchev–Trinajstić information content (AvgIpc) is 2.96. The van der Waals surface area contributed by atoms with E-state index in [4.69, 9.17) is 4.74 Å². The van der Waals surface area contributed by atoms with Crippen LogP contribution in [0.2, 0.25) is 0 Å². The Bertz CT molecular complexity index is 948. The molecule has 30 heavy (non-hydrogen) atoms. The van der Waals surface area contributed by atoms with Gasteiger partial charge in [-0.25, -0.2) is 9.18 Å². The third-order valence-electron chi connectivity index (χ3n) is 5.18. The number of ether oxygens (including phenoxy) is 1. The Balaban J connectivity index is 1.86. The van der Waals surface area contributed by atoms with Gasteiger partial charge in [0.1, 0.15) is 17.1 Å². The lowest BCUT2D eigenvalue weighted by molar-refractivity contribution is 0.00737. The number of carbonyl (C=O) groups excluding carboxylic acids is 2. The second-order valence-electron chi connectivity index (χ2n) is 9.07. The molecule has 1 aromatic heterocycles. The van der Waals surface area contributed by atoms with Gasteiger partial charge in [-0.15, -0.1) is 0 Å². The summed E-state index contributed by atoms with van der Waals surface area (Å²) >= 11 is 0. The summed E-state index contributed by atoms with van der Waals surface area (Å²) < 4.78 is 19.1. The molecular weight excluding hydrogens is 389 g/mol. The van der Waals surface area contributed by atoms with E-state index < -0.39 is 17.5 Å². The van der Waals surface area contributed by atoms with Crippen LogP contribution in [-0.4, -0.2) is 62.7 Å². The Kier molecular flexibility index (Phi) is 5.97. The van der Waals surface area contributed by atoms with Crippen molar-refractivity contribution in [1.82, 2.24) is 14.8 Å². The van der Waals surface area contributed by atoms with E-state index in [1.165, 1.54) is 18.2 Å². The molecule has 1 aliphatic heterocycles. The second-order valence-corrected chi connectivity index (χ2v) is 9.07. The minimum absolute atomic E-state index is 0.0266. The van der Waals surface area contributed by atoms with Gasteiger partial charge in [-0.2, -0.15) is 0 Å². The number of nitrogens with one attached hydrogen (secondary N) is 1. The number of fused-ring (bicyclic) bond motifs is 1. The highest BCUT2D eigenvalue weighted by molar-refractivity contribution is 6.03. The highest BCUT2D eigenvalue weighted by atomic mass is 19.1. The molecule has 1 atom stereocenters. The number of likely N-dealkylation sites (tertiary alicyclic amines) is 1. The van der Waals surface area contributed by atoms with Crippen molar-refractivity contribution in [2.45, 2.75) is 65.1 Å². The van der Waals surface area contributed by atoms with Gasteiger partial charge in [-0.05, 0) is 65.7 Å². The minimum Gasteiger partial charge on any atom is -0.505 e. The number of aromatic hydroxyl groups is 1. The number of halogens is 1. The molecule has 0 radical (unpaired) electrons. The quantitative estimate of drug-likeness (QED) is 0.778. The Labute approximate surface area is 175 Å². The zero-order valence-corrected chi connectivity index (χ0v) is 18.2. The maximum atomic E-state index is 13.6. The molecule has 8 heteroatoms. The lowest BCUT2D eigenvalue weighted by Crippen LogP contribution is -2.54. The van der Waals surface area contributed by atoms with Crippen LogP contribution in [0, 0.1) is 5.82 Å². The summed E-state index contributed by atoms with van der Waals surface area (Å²) in [5.74, 6) is -1.13. The number of amides is 2. The van der Waals surface area contributed by atoms with Crippen LogP contribution in [0.25, 0.3) is 10.9 Å². The first-order chi connectivity index (χ1) is 14.0. The topological polar surface area (TPSA) is 85.9 Å². The molecule has 2 N–H and O–H groups in total. The summed E-state index contributed by atoms with van der Waals surface area (Å²) in [5.41, 5.74) is -0.0816. The maximum Gasteiger partial charge on any atom is 0.410 e. The first-order valence-electron chi connectivity index (χ1n) is 10.3. The van der Waals surface area contributed by atoms with Crippen LogP contribution in [0.1, 0.15) is 57.9 Å². The Morgan fingerprint density at radius 1 is 1.33 bits per heavy atom. The van der Waals surface area contributed by atoms with E-state index in [0.717, 1.165) is 12.8 Å². The molecule has 1 fully saturated rings. The minimum atomic E-state index is -0.594. The van der Waals surface area contributed by atoms with Crippen LogP contribution in [0.15, 0.2) is 18.2 Å².